The van der Waals surface area contributed by atoms with Crippen LogP contribution in [0.2, 0.25) is 0 Å². The third-order valence-corrected chi connectivity index (χ3v) is 8.14. The zero-order valence-corrected chi connectivity index (χ0v) is 19.4. The van der Waals surface area contributed by atoms with Gasteiger partial charge in [0.1, 0.15) is 13.2 Å². The molecule has 0 spiro atoms. The largest absolute Gasteiger partial charge is 0.486 e. The van der Waals surface area contributed by atoms with E-state index in [-0.39, 0.29) is 17.1 Å². The monoisotopic (exact) mass is 478 g/mol. The highest BCUT2D eigenvalue weighted by molar-refractivity contribution is 7.98. The Morgan fingerprint density at radius 1 is 1.16 bits per heavy atom. The number of aromatic nitrogens is 1. The smallest absolute Gasteiger partial charge is 0.249 e. The summed E-state index contributed by atoms with van der Waals surface area (Å²) in [6.45, 7) is 1.68. The standard InChI is InChI=1S/C21H22N2O5S3/c1-29-11-8-23-16-13-17-18(28-10-9-27-17)14-19(16)30-21(23)22-20(24)7-12-31(25,26)15-5-3-2-4-6-15/h2-6,13-14H,7-12H2,1H3. The van der Waals surface area contributed by atoms with Crippen molar-refractivity contribution in [1.82, 2.24) is 4.57 Å². The molecule has 0 aliphatic carbocycles. The summed E-state index contributed by atoms with van der Waals surface area (Å²) in [5.74, 6) is 1.49. The van der Waals surface area contributed by atoms with Gasteiger partial charge in [-0.25, -0.2) is 8.42 Å². The van der Waals surface area contributed by atoms with Crippen molar-refractivity contribution in [3.63, 3.8) is 0 Å². The van der Waals surface area contributed by atoms with Gasteiger partial charge in [0.25, 0.3) is 0 Å². The van der Waals surface area contributed by atoms with Crippen molar-refractivity contribution < 1.29 is 22.7 Å². The van der Waals surface area contributed by atoms with E-state index in [9.17, 15) is 13.2 Å². The van der Waals surface area contributed by atoms with Crippen LogP contribution >= 0.6 is 23.1 Å². The van der Waals surface area contributed by atoms with Crippen LogP contribution in [0.4, 0.5) is 0 Å². The molecule has 0 N–H and O–H groups in total. The number of thioether (sulfide) groups is 1. The van der Waals surface area contributed by atoms with Gasteiger partial charge in [-0.2, -0.15) is 16.8 Å². The molecule has 1 aromatic heterocycles. The quantitative estimate of drug-likeness (QED) is 0.519. The molecule has 2 heterocycles. The Morgan fingerprint density at radius 2 is 1.87 bits per heavy atom. The summed E-state index contributed by atoms with van der Waals surface area (Å²) in [6, 6.07) is 12.0. The van der Waals surface area contributed by atoms with E-state index in [2.05, 4.69) is 4.99 Å². The maximum Gasteiger partial charge on any atom is 0.249 e. The Kier molecular flexibility index (Phi) is 6.68. The molecular formula is C21H22N2O5S3. The highest BCUT2D eigenvalue weighted by Crippen LogP contribution is 2.35. The molecular weight excluding hydrogens is 456 g/mol. The van der Waals surface area contributed by atoms with Crippen LogP contribution in [0.5, 0.6) is 11.5 Å². The number of amides is 1. The number of ether oxygens (including phenoxy) is 2. The molecule has 1 aliphatic rings. The van der Waals surface area contributed by atoms with Crippen LogP contribution in [-0.4, -0.2) is 49.9 Å². The van der Waals surface area contributed by atoms with Crippen molar-refractivity contribution in [1.29, 1.82) is 0 Å². The molecule has 0 saturated carbocycles. The molecule has 0 bridgehead atoms. The number of sulfone groups is 1. The third-order valence-electron chi connectivity index (χ3n) is 4.77. The molecule has 0 radical (unpaired) electrons. The maximum absolute atomic E-state index is 12.6. The van der Waals surface area contributed by atoms with Crippen LogP contribution in [-0.2, 0) is 21.2 Å². The van der Waals surface area contributed by atoms with Gasteiger partial charge in [-0.1, -0.05) is 29.5 Å². The van der Waals surface area contributed by atoms with Gasteiger partial charge < -0.3 is 14.0 Å². The number of aryl methyl sites for hydroxylation is 1. The van der Waals surface area contributed by atoms with E-state index in [1.54, 1.807) is 30.0 Å². The molecule has 0 fully saturated rings. The molecule has 2 aromatic carbocycles. The van der Waals surface area contributed by atoms with Gasteiger partial charge in [0.2, 0.25) is 5.91 Å². The fourth-order valence-corrected chi connectivity index (χ4v) is 5.92. The second kappa shape index (κ2) is 9.46. The number of thiazole rings is 1. The van der Waals surface area contributed by atoms with Crippen LogP contribution in [0.1, 0.15) is 6.42 Å². The summed E-state index contributed by atoms with van der Waals surface area (Å²) in [7, 11) is -3.53. The average molecular weight is 479 g/mol. The molecule has 7 nitrogen and oxygen atoms in total. The first-order valence-corrected chi connectivity index (χ1v) is 13.6. The zero-order valence-electron chi connectivity index (χ0n) is 16.9. The highest BCUT2D eigenvalue weighted by atomic mass is 32.2. The summed E-state index contributed by atoms with van der Waals surface area (Å²) in [5, 5.41) is 0. The van der Waals surface area contributed by atoms with Crippen LogP contribution in [0.3, 0.4) is 0 Å². The number of fused-ring (bicyclic) bond motifs is 2. The lowest BCUT2D eigenvalue weighted by Gasteiger charge is -2.18. The van der Waals surface area contributed by atoms with Gasteiger partial charge in [-0.05, 0) is 18.4 Å². The van der Waals surface area contributed by atoms with Crippen molar-refractivity contribution in [3.05, 3.63) is 47.3 Å². The molecule has 10 heteroatoms. The first-order chi connectivity index (χ1) is 15.0. The van der Waals surface area contributed by atoms with Gasteiger partial charge in [-0.3, -0.25) is 4.79 Å². The van der Waals surface area contributed by atoms with Gasteiger partial charge >= 0.3 is 0 Å². The number of carbonyl (C=O) groups excluding carboxylic acids is 1. The predicted molar refractivity (Wildman–Crippen MR) is 123 cm³/mol. The van der Waals surface area contributed by atoms with Crippen LogP contribution in [0.15, 0.2) is 52.4 Å². The van der Waals surface area contributed by atoms with Crippen molar-refractivity contribution >= 4 is 49.1 Å². The summed E-state index contributed by atoms with van der Waals surface area (Å²) in [4.78, 5) is 17.6. The minimum Gasteiger partial charge on any atom is -0.486 e. The molecule has 3 aromatic rings. The maximum atomic E-state index is 12.6. The Morgan fingerprint density at radius 3 is 2.58 bits per heavy atom. The Bertz CT molecular complexity index is 1260. The van der Waals surface area contributed by atoms with E-state index in [0.717, 1.165) is 16.0 Å². The van der Waals surface area contributed by atoms with E-state index < -0.39 is 15.7 Å². The molecule has 4 rings (SSSR count). The van der Waals surface area contributed by atoms with Crippen LogP contribution in [0.25, 0.3) is 10.2 Å². The van der Waals surface area contributed by atoms with Crippen molar-refractivity contribution in [2.45, 2.75) is 17.9 Å². The fourth-order valence-electron chi connectivity index (χ4n) is 3.22. The highest BCUT2D eigenvalue weighted by Gasteiger charge is 2.18. The summed E-state index contributed by atoms with van der Waals surface area (Å²) in [6.07, 6.45) is 1.85. The van der Waals surface area contributed by atoms with E-state index >= 15 is 0 Å². The van der Waals surface area contributed by atoms with Gasteiger partial charge in [0.15, 0.2) is 26.1 Å². The number of rotatable bonds is 7. The Hall–Kier alpha value is -2.30. The number of hydrogen-bond donors (Lipinski definition) is 0. The molecule has 164 valence electrons. The topological polar surface area (TPSA) is 87.0 Å². The normalized spacial score (nSPS) is 14.2. The Balaban J connectivity index is 1.63. The molecule has 0 atom stereocenters. The summed E-state index contributed by atoms with van der Waals surface area (Å²) in [5.41, 5.74) is 0.923. The number of benzene rings is 2. The SMILES string of the molecule is CSCCn1c(=NC(=O)CCS(=O)(=O)c2ccccc2)sc2cc3c(cc21)OCCO3. The van der Waals surface area contributed by atoms with E-state index in [0.29, 0.717) is 36.1 Å². The van der Waals surface area contributed by atoms with Crippen molar-refractivity contribution in [2.24, 2.45) is 4.99 Å². The lowest BCUT2D eigenvalue weighted by molar-refractivity contribution is -0.117. The first-order valence-electron chi connectivity index (χ1n) is 9.75. The lowest BCUT2D eigenvalue weighted by atomic mass is 10.2. The molecule has 0 saturated heterocycles. The third kappa shape index (κ3) is 4.97. The number of hydrogen-bond acceptors (Lipinski definition) is 7. The molecule has 0 unspecified atom stereocenters. The van der Waals surface area contributed by atoms with E-state index in [1.807, 2.05) is 23.0 Å². The number of nitrogens with zero attached hydrogens (tertiary/aromatic N) is 2. The predicted octanol–water partition coefficient (Wildman–Crippen LogP) is 3.13. The number of carbonyl (C=O) groups is 1. The average Bonchev–Trinajstić information content (AvgIpc) is 3.11. The van der Waals surface area contributed by atoms with Gasteiger partial charge in [-0.15, -0.1) is 0 Å². The van der Waals surface area contributed by atoms with Gasteiger partial charge in [0, 0.05) is 30.9 Å². The van der Waals surface area contributed by atoms with Crippen molar-refractivity contribution in [3.8, 4) is 11.5 Å². The van der Waals surface area contributed by atoms with Crippen molar-refractivity contribution in [2.75, 3.05) is 31.0 Å². The summed E-state index contributed by atoms with van der Waals surface area (Å²) < 4.78 is 39.2. The second-order valence-electron chi connectivity index (χ2n) is 6.88. The zero-order chi connectivity index (χ0) is 21.8. The second-order valence-corrected chi connectivity index (χ2v) is 11.0. The molecule has 1 aliphatic heterocycles. The first kappa shape index (κ1) is 21.9. The minimum atomic E-state index is -3.53. The fraction of sp³-hybridized carbons (Fsp3) is 0.333. The molecule has 31 heavy (non-hydrogen) atoms. The van der Waals surface area contributed by atoms with Crippen LogP contribution in [0, 0.1) is 0 Å². The molecule has 1 amide bonds. The summed E-state index contributed by atoms with van der Waals surface area (Å²) >= 11 is 3.08. The Labute approximate surface area is 188 Å². The van der Waals surface area contributed by atoms with E-state index in [1.165, 1.54) is 23.5 Å². The van der Waals surface area contributed by atoms with Gasteiger partial charge in [0.05, 0.1) is 20.9 Å². The van der Waals surface area contributed by atoms with Crippen LogP contribution < -0.4 is 14.3 Å². The minimum absolute atomic E-state index is 0.170. The van der Waals surface area contributed by atoms with E-state index in [4.69, 9.17) is 9.47 Å². The lowest BCUT2D eigenvalue weighted by Crippen LogP contribution is -2.19.